The Bertz CT molecular complexity index is 255. The number of hydrogen-bond donors (Lipinski definition) is 1. The maximum absolute atomic E-state index is 12.0. The van der Waals surface area contributed by atoms with Gasteiger partial charge in [0.1, 0.15) is 0 Å². The maximum atomic E-state index is 12.0. The SMILES string of the molecule is CCCCCCCCCCN1C(=O)C(CC)NC1C. The summed E-state index contributed by atoms with van der Waals surface area (Å²) in [5, 5.41) is 3.35. The van der Waals surface area contributed by atoms with Crippen molar-refractivity contribution in [1.82, 2.24) is 10.2 Å². The zero-order valence-corrected chi connectivity index (χ0v) is 13.1. The van der Waals surface area contributed by atoms with Crippen LogP contribution in [0.3, 0.4) is 0 Å². The smallest absolute Gasteiger partial charge is 0.240 e. The number of nitrogens with zero attached hydrogens (tertiary/aromatic N) is 1. The fourth-order valence-electron chi connectivity index (χ4n) is 2.86. The lowest BCUT2D eigenvalue weighted by molar-refractivity contribution is -0.129. The van der Waals surface area contributed by atoms with E-state index < -0.39 is 0 Å². The fourth-order valence-corrected chi connectivity index (χ4v) is 2.86. The van der Waals surface area contributed by atoms with Crippen molar-refractivity contribution in [3.8, 4) is 0 Å². The molecule has 19 heavy (non-hydrogen) atoms. The van der Waals surface area contributed by atoms with Crippen LogP contribution in [0.25, 0.3) is 0 Å². The first-order chi connectivity index (χ1) is 9.20. The van der Waals surface area contributed by atoms with Crippen molar-refractivity contribution in [2.45, 2.75) is 90.8 Å². The van der Waals surface area contributed by atoms with Gasteiger partial charge < -0.3 is 4.90 Å². The van der Waals surface area contributed by atoms with E-state index in [2.05, 4.69) is 26.1 Å². The van der Waals surface area contributed by atoms with E-state index in [1.807, 2.05) is 4.90 Å². The van der Waals surface area contributed by atoms with Gasteiger partial charge in [-0.05, 0) is 19.8 Å². The molecule has 1 amide bonds. The Labute approximate surface area is 119 Å². The number of amides is 1. The van der Waals surface area contributed by atoms with Gasteiger partial charge in [0.15, 0.2) is 0 Å². The largest absolute Gasteiger partial charge is 0.326 e. The topological polar surface area (TPSA) is 32.3 Å². The van der Waals surface area contributed by atoms with E-state index >= 15 is 0 Å². The van der Waals surface area contributed by atoms with Crippen LogP contribution < -0.4 is 5.32 Å². The van der Waals surface area contributed by atoms with E-state index in [0.717, 1.165) is 19.4 Å². The lowest BCUT2D eigenvalue weighted by Crippen LogP contribution is -2.35. The number of nitrogens with one attached hydrogen (secondary N) is 1. The highest BCUT2D eigenvalue weighted by Gasteiger charge is 2.34. The molecule has 112 valence electrons. The Balaban J connectivity index is 2.04. The fraction of sp³-hybridized carbons (Fsp3) is 0.938. The molecule has 0 bridgehead atoms. The molecule has 0 aromatic rings. The normalized spacial score (nSPS) is 23.3. The van der Waals surface area contributed by atoms with E-state index in [1.165, 1.54) is 44.9 Å². The van der Waals surface area contributed by atoms with Crippen molar-refractivity contribution in [3.05, 3.63) is 0 Å². The van der Waals surface area contributed by atoms with E-state index in [1.54, 1.807) is 0 Å². The maximum Gasteiger partial charge on any atom is 0.240 e. The number of carbonyl (C=O) groups is 1. The molecule has 1 heterocycles. The molecule has 3 heteroatoms. The Hall–Kier alpha value is -0.570. The van der Waals surface area contributed by atoms with Crippen LogP contribution in [0.5, 0.6) is 0 Å². The molecule has 0 aliphatic carbocycles. The molecule has 1 fully saturated rings. The first kappa shape index (κ1) is 16.5. The van der Waals surface area contributed by atoms with Gasteiger partial charge in [-0.25, -0.2) is 0 Å². The molecule has 2 unspecified atom stereocenters. The molecule has 1 aliphatic rings. The minimum Gasteiger partial charge on any atom is -0.326 e. The molecule has 0 saturated carbocycles. The van der Waals surface area contributed by atoms with Crippen LogP contribution in [0.2, 0.25) is 0 Å². The zero-order chi connectivity index (χ0) is 14.1. The third-order valence-electron chi connectivity index (χ3n) is 4.15. The standard InChI is InChI=1S/C16H32N2O/c1-4-6-7-8-9-10-11-12-13-18-14(3)17-15(5-2)16(18)19/h14-15,17H,4-13H2,1-3H3. The predicted octanol–water partition coefficient (Wildman–Crippen LogP) is 3.68. The minimum absolute atomic E-state index is 0.0593. The molecule has 1 rings (SSSR count). The molecule has 0 spiro atoms. The van der Waals surface area contributed by atoms with Crippen LogP contribution in [0, 0.1) is 0 Å². The second-order valence-electron chi connectivity index (χ2n) is 5.81. The monoisotopic (exact) mass is 268 g/mol. The molecule has 0 aromatic carbocycles. The summed E-state index contributed by atoms with van der Waals surface area (Å²) in [5.41, 5.74) is 0. The number of carbonyl (C=O) groups excluding carboxylic acids is 1. The van der Waals surface area contributed by atoms with Gasteiger partial charge in [-0.15, -0.1) is 0 Å². The van der Waals surface area contributed by atoms with Crippen LogP contribution in [0.4, 0.5) is 0 Å². The summed E-state index contributed by atoms with van der Waals surface area (Å²) in [7, 11) is 0. The highest BCUT2D eigenvalue weighted by atomic mass is 16.2. The highest BCUT2D eigenvalue weighted by molar-refractivity contribution is 5.84. The van der Waals surface area contributed by atoms with Gasteiger partial charge in [0.25, 0.3) is 0 Å². The van der Waals surface area contributed by atoms with Gasteiger partial charge in [-0.1, -0.05) is 58.8 Å². The first-order valence-electron chi connectivity index (χ1n) is 8.27. The van der Waals surface area contributed by atoms with Crippen molar-refractivity contribution in [2.24, 2.45) is 0 Å². The van der Waals surface area contributed by atoms with Gasteiger partial charge in [0.05, 0.1) is 12.2 Å². The Kier molecular flexibility index (Phi) is 8.11. The molecule has 0 radical (unpaired) electrons. The third-order valence-corrected chi connectivity index (χ3v) is 4.15. The van der Waals surface area contributed by atoms with Gasteiger partial charge in [-0.2, -0.15) is 0 Å². The molecule has 1 saturated heterocycles. The van der Waals surface area contributed by atoms with Crippen molar-refractivity contribution >= 4 is 5.91 Å². The van der Waals surface area contributed by atoms with Crippen molar-refractivity contribution in [2.75, 3.05) is 6.54 Å². The van der Waals surface area contributed by atoms with Crippen LogP contribution in [-0.4, -0.2) is 29.6 Å². The van der Waals surface area contributed by atoms with Gasteiger partial charge in [0, 0.05) is 6.54 Å². The van der Waals surface area contributed by atoms with Gasteiger partial charge in [0.2, 0.25) is 5.91 Å². The van der Waals surface area contributed by atoms with Crippen molar-refractivity contribution in [3.63, 3.8) is 0 Å². The minimum atomic E-state index is 0.0593. The summed E-state index contributed by atoms with van der Waals surface area (Å²) in [6.07, 6.45) is 11.7. The molecule has 1 N–H and O–H groups in total. The summed E-state index contributed by atoms with van der Waals surface area (Å²) in [4.78, 5) is 14.1. The number of hydrogen-bond acceptors (Lipinski definition) is 2. The third kappa shape index (κ3) is 5.52. The zero-order valence-electron chi connectivity index (χ0n) is 13.1. The van der Waals surface area contributed by atoms with Crippen LogP contribution in [0.1, 0.15) is 78.6 Å². The van der Waals surface area contributed by atoms with E-state index in [-0.39, 0.29) is 12.2 Å². The van der Waals surface area contributed by atoms with E-state index in [0.29, 0.717) is 5.91 Å². The van der Waals surface area contributed by atoms with Crippen LogP contribution in [-0.2, 0) is 4.79 Å². The highest BCUT2D eigenvalue weighted by Crippen LogP contribution is 2.15. The summed E-state index contributed by atoms with van der Waals surface area (Å²) in [6, 6.07) is 0.0593. The predicted molar refractivity (Wildman–Crippen MR) is 81.0 cm³/mol. The number of unbranched alkanes of at least 4 members (excludes halogenated alkanes) is 7. The average Bonchev–Trinajstić information content (AvgIpc) is 2.68. The van der Waals surface area contributed by atoms with Crippen LogP contribution in [0.15, 0.2) is 0 Å². The van der Waals surface area contributed by atoms with Gasteiger partial charge >= 0.3 is 0 Å². The lowest BCUT2D eigenvalue weighted by atomic mass is 10.1. The molecule has 1 aliphatic heterocycles. The Morgan fingerprint density at radius 3 is 2.11 bits per heavy atom. The van der Waals surface area contributed by atoms with E-state index in [4.69, 9.17) is 0 Å². The summed E-state index contributed by atoms with van der Waals surface area (Å²) in [5.74, 6) is 0.304. The van der Waals surface area contributed by atoms with Crippen molar-refractivity contribution < 1.29 is 4.79 Å². The average molecular weight is 268 g/mol. The molecular formula is C16H32N2O. The van der Waals surface area contributed by atoms with Gasteiger partial charge in [-0.3, -0.25) is 10.1 Å². The lowest BCUT2D eigenvalue weighted by Gasteiger charge is -2.20. The summed E-state index contributed by atoms with van der Waals surface area (Å²) >= 11 is 0. The quantitative estimate of drug-likeness (QED) is 0.613. The molecule has 2 atom stereocenters. The molecule has 0 aromatic heterocycles. The van der Waals surface area contributed by atoms with Crippen LogP contribution >= 0.6 is 0 Å². The second-order valence-corrected chi connectivity index (χ2v) is 5.81. The molecular weight excluding hydrogens is 236 g/mol. The number of rotatable bonds is 10. The Morgan fingerprint density at radius 1 is 1.00 bits per heavy atom. The van der Waals surface area contributed by atoms with Crippen molar-refractivity contribution in [1.29, 1.82) is 0 Å². The van der Waals surface area contributed by atoms with E-state index in [9.17, 15) is 4.79 Å². The summed E-state index contributed by atoms with van der Waals surface area (Å²) in [6.45, 7) is 7.35. The Morgan fingerprint density at radius 2 is 1.58 bits per heavy atom. The first-order valence-corrected chi connectivity index (χ1v) is 8.27. The summed E-state index contributed by atoms with van der Waals surface area (Å²) < 4.78 is 0. The molecule has 3 nitrogen and oxygen atoms in total. The second kappa shape index (κ2) is 9.35.